The number of hydrogen-bond donors (Lipinski definition) is 3. The van der Waals surface area contributed by atoms with E-state index in [2.05, 4.69) is 0 Å². The maximum atomic E-state index is 13.1. The molecule has 0 fully saturated rings. The standard InChI is InChI=1S/C25H26O6/c1-14(2)4-9-18-23-17(10-11-25(3,13-26)31-23)22(29)21-19(28)12-20(30-24(18)21)15-5-7-16(27)8-6-15/h4-8,10-11,20,26-27,29H,9,12-13H2,1-3H3/t20-,25+/m0/s1. The maximum Gasteiger partial charge on any atom is 0.174 e. The molecule has 2 aromatic carbocycles. The van der Waals surface area contributed by atoms with Crippen molar-refractivity contribution in [3.05, 3.63) is 64.2 Å². The van der Waals surface area contributed by atoms with Crippen molar-refractivity contribution in [2.75, 3.05) is 6.61 Å². The van der Waals surface area contributed by atoms with Crippen molar-refractivity contribution < 1.29 is 29.6 Å². The number of aromatic hydroxyl groups is 2. The van der Waals surface area contributed by atoms with E-state index in [1.54, 1.807) is 43.3 Å². The van der Waals surface area contributed by atoms with Gasteiger partial charge in [-0.3, -0.25) is 4.79 Å². The summed E-state index contributed by atoms with van der Waals surface area (Å²) in [6, 6.07) is 6.53. The van der Waals surface area contributed by atoms with Gasteiger partial charge in [0.1, 0.15) is 40.3 Å². The minimum atomic E-state index is -0.942. The highest BCUT2D eigenvalue weighted by atomic mass is 16.5. The molecule has 2 aliphatic rings. The smallest absolute Gasteiger partial charge is 0.174 e. The van der Waals surface area contributed by atoms with Gasteiger partial charge >= 0.3 is 0 Å². The summed E-state index contributed by atoms with van der Waals surface area (Å²) in [5.41, 5.74) is 2.13. The van der Waals surface area contributed by atoms with Gasteiger partial charge in [-0.1, -0.05) is 23.8 Å². The molecule has 6 nitrogen and oxygen atoms in total. The van der Waals surface area contributed by atoms with Gasteiger partial charge in [0, 0.05) is 5.56 Å². The van der Waals surface area contributed by atoms with Crippen LogP contribution in [0.3, 0.4) is 0 Å². The van der Waals surface area contributed by atoms with Crippen molar-refractivity contribution in [1.82, 2.24) is 0 Å². The molecule has 2 aromatic rings. The number of carbonyl (C=O) groups is 1. The lowest BCUT2D eigenvalue weighted by Crippen LogP contribution is -2.36. The number of ketones is 1. The average Bonchev–Trinajstić information content (AvgIpc) is 2.73. The summed E-state index contributed by atoms with van der Waals surface area (Å²) < 4.78 is 12.4. The number of benzene rings is 2. The molecule has 31 heavy (non-hydrogen) atoms. The Labute approximate surface area is 181 Å². The van der Waals surface area contributed by atoms with E-state index in [0.29, 0.717) is 29.0 Å². The van der Waals surface area contributed by atoms with Crippen molar-refractivity contribution in [3.8, 4) is 23.0 Å². The van der Waals surface area contributed by atoms with Gasteiger partial charge in [0.15, 0.2) is 5.78 Å². The number of phenols is 2. The molecule has 0 spiro atoms. The minimum absolute atomic E-state index is 0.0745. The topological polar surface area (TPSA) is 96.2 Å². The number of aliphatic hydroxyl groups excluding tert-OH is 1. The van der Waals surface area contributed by atoms with Crippen LogP contribution < -0.4 is 9.47 Å². The first kappa shape index (κ1) is 21.0. The second-order valence-electron chi connectivity index (χ2n) is 8.49. The molecule has 0 unspecified atom stereocenters. The molecule has 0 bridgehead atoms. The summed E-state index contributed by atoms with van der Waals surface area (Å²) in [7, 11) is 0. The van der Waals surface area contributed by atoms with E-state index in [1.165, 1.54) is 0 Å². The van der Waals surface area contributed by atoms with Crippen molar-refractivity contribution in [2.24, 2.45) is 0 Å². The fraction of sp³-hybridized carbons (Fsp3) is 0.320. The highest BCUT2D eigenvalue weighted by molar-refractivity contribution is 6.05. The van der Waals surface area contributed by atoms with Crippen molar-refractivity contribution >= 4 is 11.9 Å². The van der Waals surface area contributed by atoms with Gasteiger partial charge in [-0.05, 0) is 57.0 Å². The van der Waals surface area contributed by atoms with Crippen LogP contribution in [0.4, 0.5) is 0 Å². The summed E-state index contributed by atoms with van der Waals surface area (Å²) >= 11 is 0. The van der Waals surface area contributed by atoms with E-state index in [9.17, 15) is 20.1 Å². The maximum absolute atomic E-state index is 13.1. The molecule has 2 aliphatic heterocycles. The first-order chi connectivity index (χ1) is 14.7. The minimum Gasteiger partial charge on any atom is -0.508 e. The molecule has 2 atom stereocenters. The Morgan fingerprint density at radius 3 is 2.55 bits per heavy atom. The first-order valence-electron chi connectivity index (χ1n) is 10.3. The summed E-state index contributed by atoms with van der Waals surface area (Å²) in [4.78, 5) is 13.1. The van der Waals surface area contributed by atoms with E-state index < -0.39 is 11.7 Å². The number of ether oxygens (including phenoxy) is 2. The third kappa shape index (κ3) is 3.79. The van der Waals surface area contributed by atoms with Gasteiger partial charge in [0.05, 0.1) is 18.6 Å². The van der Waals surface area contributed by atoms with Crippen molar-refractivity contribution in [3.63, 3.8) is 0 Å². The zero-order chi connectivity index (χ0) is 22.3. The van der Waals surface area contributed by atoms with Crippen molar-refractivity contribution in [1.29, 1.82) is 0 Å². The molecule has 0 amide bonds. The second-order valence-corrected chi connectivity index (χ2v) is 8.49. The molecule has 3 N–H and O–H groups in total. The van der Waals surface area contributed by atoms with E-state index in [0.717, 1.165) is 11.1 Å². The fourth-order valence-corrected chi connectivity index (χ4v) is 3.86. The van der Waals surface area contributed by atoms with E-state index in [-0.39, 0.29) is 35.9 Å². The lowest BCUT2D eigenvalue weighted by Gasteiger charge is -2.35. The normalized spacial score (nSPS) is 21.5. The number of Topliss-reactive ketones (excluding diaryl/α,β-unsaturated/α-hetero) is 1. The van der Waals surface area contributed by atoms with Gasteiger partial charge in [-0.15, -0.1) is 0 Å². The van der Waals surface area contributed by atoms with Crippen LogP contribution >= 0.6 is 0 Å². The molecule has 0 aliphatic carbocycles. The highest BCUT2D eigenvalue weighted by Crippen LogP contribution is 2.51. The molecule has 0 radical (unpaired) electrons. The van der Waals surface area contributed by atoms with Crippen LogP contribution in [0.2, 0.25) is 0 Å². The molecule has 2 heterocycles. The predicted molar refractivity (Wildman–Crippen MR) is 117 cm³/mol. The van der Waals surface area contributed by atoms with Gasteiger partial charge in [-0.25, -0.2) is 0 Å². The van der Waals surface area contributed by atoms with Gasteiger partial charge < -0.3 is 24.8 Å². The van der Waals surface area contributed by atoms with Crippen molar-refractivity contribution in [2.45, 2.75) is 45.3 Å². The monoisotopic (exact) mass is 422 g/mol. The lowest BCUT2D eigenvalue weighted by molar-refractivity contribution is 0.0617. The Bertz CT molecular complexity index is 1090. The summed E-state index contributed by atoms with van der Waals surface area (Å²) in [5.74, 6) is 0.453. The quantitative estimate of drug-likeness (QED) is 0.629. The SMILES string of the molecule is CC(C)=CCc1c2c(c(O)c3c1O[C@H](c1ccc(O)cc1)CC3=O)C=C[C@](C)(CO)O2. The van der Waals surface area contributed by atoms with Gasteiger partial charge in [-0.2, -0.15) is 0 Å². The average molecular weight is 422 g/mol. The number of hydrogen-bond acceptors (Lipinski definition) is 6. The van der Waals surface area contributed by atoms with Crippen LogP contribution in [0.25, 0.3) is 6.08 Å². The van der Waals surface area contributed by atoms with Gasteiger partial charge in [0.2, 0.25) is 0 Å². The number of aliphatic hydroxyl groups is 1. The van der Waals surface area contributed by atoms with Crippen LogP contribution in [-0.2, 0) is 6.42 Å². The predicted octanol–water partition coefficient (Wildman–Crippen LogP) is 4.47. The Balaban J connectivity index is 1.89. The van der Waals surface area contributed by atoms with Crippen LogP contribution in [-0.4, -0.2) is 33.3 Å². The summed E-state index contributed by atoms with van der Waals surface area (Å²) in [6.07, 6.45) is 5.34. The van der Waals surface area contributed by atoms with E-state index >= 15 is 0 Å². The van der Waals surface area contributed by atoms with Crippen LogP contribution in [0.1, 0.15) is 60.3 Å². The van der Waals surface area contributed by atoms with Crippen LogP contribution in [0, 0.1) is 0 Å². The number of carbonyl (C=O) groups excluding carboxylic acids is 1. The molecule has 6 heteroatoms. The third-order valence-corrected chi connectivity index (χ3v) is 5.65. The Kier molecular flexibility index (Phi) is 5.27. The molecule has 0 aromatic heterocycles. The van der Waals surface area contributed by atoms with E-state index in [1.807, 2.05) is 19.9 Å². The molecule has 0 saturated carbocycles. The molecular weight excluding hydrogens is 396 g/mol. The lowest BCUT2D eigenvalue weighted by atomic mass is 9.88. The Morgan fingerprint density at radius 2 is 1.90 bits per heavy atom. The number of rotatable bonds is 4. The Hall–Kier alpha value is -3.25. The largest absolute Gasteiger partial charge is 0.508 e. The summed E-state index contributed by atoms with van der Waals surface area (Å²) in [5, 5.41) is 30.3. The fourth-order valence-electron chi connectivity index (χ4n) is 3.86. The number of phenolic OH excluding ortho intramolecular Hbond substituents is 2. The highest BCUT2D eigenvalue weighted by Gasteiger charge is 2.38. The molecule has 0 saturated heterocycles. The van der Waals surface area contributed by atoms with Gasteiger partial charge in [0.25, 0.3) is 0 Å². The zero-order valence-corrected chi connectivity index (χ0v) is 17.8. The first-order valence-corrected chi connectivity index (χ1v) is 10.3. The van der Waals surface area contributed by atoms with E-state index in [4.69, 9.17) is 9.47 Å². The number of fused-ring (bicyclic) bond motifs is 2. The Morgan fingerprint density at radius 1 is 1.19 bits per heavy atom. The molecule has 4 rings (SSSR count). The molecular formula is C25H26O6. The summed E-state index contributed by atoms with van der Waals surface area (Å²) in [6.45, 7) is 5.46. The number of allylic oxidation sites excluding steroid dienone is 2. The van der Waals surface area contributed by atoms with Crippen LogP contribution in [0.15, 0.2) is 42.0 Å². The van der Waals surface area contributed by atoms with Crippen LogP contribution in [0.5, 0.6) is 23.0 Å². The molecule has 162 valence electrons. The zero-order valence-electron chi connectivity index (χ0n) is 17.8. The second kappa shape index (κ2) is 7.78. The third-order valence-electron chi connectivity index (χ3n) is 5.65.